The van der Waals surface area contributed by atoms with Crippen LogP contribution in [0.15, 0.2) is 18.2 Å². The van der Waals surface area contributed by atoms with Crippen molar-refractivity contribution in [2.75, 3.05) is 0 Å². The van der Waals surface area contributed by atoms with Crippen LogP contribution in [0.5, 0.6) is 0 Å². The van der Waals surface area contributed by atoms with Crippen LogP contribution in [0.4, 0.5) is 10.1 Å². The van der Waals surface area contributed by atoms with Crippen LogP contribution in [0.25, 0.3) is 0 Å². The van der Waals surface area contributed by atoms with Gasteiger partial charge in [-0.05, 0) is 11.6 Å². The van der Waals surface area contributed by atoms with Crippen molar-refractivity contribution in [2.24, 2.45) is 0 Å². The summed E-state index contributed by atoms with van der Waals surface area (Å²) < 4.78 is 12.7. The summed E-state index contributed by atoms with van der Waals surface area (Å²) in [6.07, 6.45) is 0.553. The lowest BCUT2D eigenvalue weighted by Gasteiger charge is -1.96. The van der Waals surface area contributed by atoms with Crippen molar-refractivity contribution in [1.29, 1.82) is 0 Å². The minimum atomic E-state index is -0.703. The van der Waals surface area contributed by atoms with E-state index >= 15 is 0 Å². The number of aldehydes is 1. The molecule has 0 saturated heterocycles. The van der Waals surface area contributed by atoms with Crippen molar-refractivity contribution in [3.8, 4) is 0 Å². The van der Waals surface area contributed by atoms with Crippen LogP contribution >= 0.6 is 0 Å². The van der Waals surface area contributed by atoms with Gasteiger partial charge in [0.15, 0.2) is 0 Å². The molecule has 13 heavy (non-hydrogen) atoms. The lowest BCUT2D eigenvalue weighted by molar-refractivity contribution is -0.385. The van der Waals surface area contributed by atoms with Crippen molar-refractivity contribution >= 4 is 12.0 Å². The number of non-ortho nitro benzene ring substituents is 1. The smallest absolute Gasteiger partial charge is 0.272 e. The highest BCUT2D eigenvalue weighted by atomic mass is 19.1. The third-order valence-electron chi connectivity index (χ3n) is 1.47. The molecular formula is C8H6FNO3. The number of hydrogen-bond donors (Lipinski definition) is 0. The molecule has 5 heteroatoms. The molecule has 0 atom stereocenters. The van der Waals surface area contributed by atoms with E-state index in [1.54, 1.807) is 0 Å². The van der Waals surface area contributed by atoms with Crippen LogP contribution in [0.2, 0.25) is 0 Å². The Morgan fingerprint density at radius 2 is 2.15 bits per heavy atom. The minimum Gasteiger partial charge on any atom is -0.303 e. The largest absolute Gasteiger partial charge is 0.303 e. The minimum absolute atomic E-state index is 0.0153. The normalized spacial score (nSPS) is 9.62. The molecule has 0 amide bonds. The highest BCUT2D eigenvalue weighted by Gasteiger charge is 2.08. The van der Waals surface area contributed by atoms with Crippen molar-refractivity contribution in [3.63, 3.8) is 0 Å². The first-order valence-corrected chi connectivity index (χ1v) is 3.51. The molecule has 0 heterocycles. The van der Waals surface area contributed by atoms with Crippen LogP contribution in [-0.4, -0.2) is 11.2 Å². The first-order chi connectivity index (χ1) is 6.13. The fourth-order valence-electron chi connectivity index (χ4n) is 0.953. The SMILES string of the molecule is O=CCc1cc(F)cc([N+](=O)[O-])c1. The number of carbonyl (C=O) groups excluding carboxylic acids is 1. The Kier molecular flexibility index (Phi) is 2.69. The predicted molar refractivity (Wildman–Crippen MR) is 42.8 cm³/mol. The molecule has 0 spiro atoms. The summed E-state index contributed by atoms with van der Waals surface area (Å²) in [5, 5.41) is 10.3. The van der Waals surface area contributed by atoms with Gasteiger partial charge < -0.3 is 4.79 Å². The summed E-state index contributed by atoms with van der Waals surface area (Å²) in [5.74, 6) is -0.703. The molecule has 0 N–H and O–H groups in total. The molecule has 0 saturated carbocycles. The van der Waals surface area contributed by atoms with Crippen LogP contribution in [0.1, 0.15) is 5.56 Å². The zero-order chi connectivity index (χ0) is 9.84. The molecule has 0 aliphatic heterocycles. The predicted octanol–water partition coefficient (Wildman–Crippen LogP) is 1.48. The van der Waals surface area contributed by atoms with Crippen LogP contribution in [0, 0.1) is 15.9 Å². The lowest BCUT2D eigenvalue weighted by atomic mass is 10.1. The van der Waals surface area contributed by atoms with Gasteiger partial charge in [0.25, 0.3) is 5.69 Å². The average Bonchev–Trinajstić information content (AvgIpc) is 2.03. The van der Waals surface area contributed by atoms with E-state index < -0.39 is 10.7 Å². The van der Waals surface area contributed by atoms with Crippen molar-refractivity contribution < 1.29 is 14.1 Å². The number of halogens is 1. The molecule has 0 radical (unpaired) electrons. The number of nitrogens with zero attached hydrogens (tertiary/aromatic N) is 1. The van der Waals surface area contributed by atoms with Gasteiger partial charge >= 0.3 is 0 Å². The molecule has 68 valence electrons. The Balaban J connectivity index is 3.10. The molecule has 1 aromatic rings. The second-order valence-electron chi connectivity index (χ2n) is 2.45. The maximum atomic E-state index is 12.7. The van der Waals surface area contributed by atoms with E-state index in [0.717, 1.165) is 12.1 Å². The molecule has 0 unspecified atom stereocenters. The van der Waals surface area contributed by atoms with Gasteiger partial charge in [-0.1, -0.05) is 0 Å². The third-order valence-corrected chi connectivity index (χ3v) is 1.47. The molecule has 4 nitrogen and oxygen atoms in total. The molecular weight excluding hydrogens is 177 g/mol. The first-order valence-electron chi connectivity index (χ1n) is 3.51. The topological polar surface area (TPSA) is 60.2 Å². The van der Waals surface area contributed by atoms with Crippen LogP contribution < -0.4 is 0 Å². The third kappa shape index (κ3) is 2.33. The van der Waals surface area contributed by atoms with E-state index in [2.05, 4.69) is 0 Å². The second kappa shape index (κ2) is 3.75. The van der Waals surface area contributed by atoms with Gasteiger partial charge in [0, 0.05) is 12.5 Å². The summed E-state index contributed by atoms with van der Waals surface area (Å²) >= 11 is 0. The molecule has 1 aromatic carbocycles. The molecule has 0 aromatic heterocycles. The van der Waals surface area contributed by atoms with Gasteiger partial charge in [0.05, 0.1) is 11.0 Å². The summed E-state index contributed by atoms with van der Waals surface area (Å²) in [5.41, 5.74) is -0.0291. The molecule has 1 rings (SSSR count). The Bertz CT molecular complexity index is 351. The molecule has 0 aliphatic carbocycles. The number of nitro benzene ring substituents is 1. The molecule has 0 aliphatic rings. The van der Waals surface area contributed by atoms with E-state index in [4.69, 9.17) is 0 Å². The van der Waals surface area contributed by atoms with Gasteiger partial charge in [-0.2, -0.15) is 0 Å². The van der Waals surface area contributed by atoms with Crippen LogP contribution in [0.3, 0.4) is 0 Å². The Hall–Kier alpha value is -1.78. The van der Waals surface area contributed by atoms with Crippen molar-refractivity contribution in [1.82, 2.24) is 0 Å². The van der Waals surface area contributed by atoms with E-state index in [1.807, 2.05) is 0 Å². The van der Waals surface area contributed by atoms with E-state index in [-0.39, 0.29) is 12.1 Å². The standard InChI is InChI=1S/C8H6FNO3/c9-7-3-6(1-2-11)4-8(5-7)10(12)13/h2-5H,1H2. The van der Waals surface area contributed by atoms with Crippen molar-refractivity contribution in [3.05, 3.63) is 39.7 Å². The van der Waals surface area contributed by atoms with Crippen molar-refractivity contribution in [2.45, 2.75) is 6.42 Å². The second-order valence-corrected chi connectivity index (χ2v) is 2.45. The van der Waals surface area contributed by atoms with Crippen LogP contribution in [-0.2, 0) is 11.2 Å². The van der Waals surface area contributed by atoms with Gasteiger partial charge in [-0.25, -0.2) is 4.39 Å². The highest BCUT2D eigenvalue weighted by Crippen LogP contribution is 2.15. The van der Waals surface area contributed by atoms with Gasteiger partial charge in [0.1, 0.15) is 12.1 Å². The zero-order valence-electron chi connectivity index (χ0n) is 6.57. The molecule has 0 fully saturated rings. The maximum absolute atomic E-state index is 12.7. The number of carbonyl (C=O) groups is 1. The van der Waals surface area contributed by atoms with E-state index in [9.17, 15) is 19.3 Å². The fourth-order valence-corrected chi connectivity index (χ4v) is 0.953. The quantitative estimate of drug-likeness (QED) is 0.405. The number of benzene rings is 1. The maximum Gasteiger partial charge on any atom is 0.272 e. The first kappa shape index (κ1) is 9.31. The Labute approximate surface area is 73.1 Å². The lowest BCUT2D eigenvalue weighted by Crippen LogP contribution is -1.93. The van der Waals surface area contributed by atoms with E-state index in [0.29, 0.717) is 11.8 Å². The Morgan fingerprint density at radius 1 is 1.46 bits per heavy atom. The average molecular weight is 183 g/mol. The summed E-state index contributed by atoms with van der Waals surface area (Å²) in [7, 11) is 0. The van der Waals surface area contributed by atoms with Gasteiger partial charge in [-0.3, -0.25) is 10.1 Å². The summed E-state index contributed by atoms with van der Waals surface area (Å²) in [6.45, 7) is 0. The number of nitro groups is 1. The van der Waals surface area contributed by atoms with Gasteiger partial charge in [0.2, 0.25) is 0 Å². The highest BCUT2D eigenvalue weighted by molar-refractivity contribution is 5.56. The zero-order valence-corrected chi connectivity index (χ0v) is 6.57. The number of hydrogen-bond acceptors (Lipinski definition) is 3. The molecule has 0 bridgehead atoms. The fraction of sp³-hybridized carbons (Fsp3) is 0.125. The van der Waals surface area contributed by atoms with Gasteiger partial charge in [-0.15, -0.1) is 0 Å². The summed E-state index contributed by atoms with van der Waals surface area (Å²) in [4.78, 5) is 19.6. The Morgan fingerprint density at radius 3 is 2.69 bits per heavy atom. The van der Waals surface area contributed by atoms with E-state index in [1.165, 1.54) is 6.07 Å². The summed E-state index contributed by atoms with van der Waals surface area (Å²) in [6, 6.07) is 3.09. The monoisotopic (exact) mass is 183 g/mol. The number of rotatable bonds is 3.